The number of benzene rings is 1. The lowest BCUT2D eigenvalue weighted by Gasteiger charge is -2.23. The molecule has 2 heterocycles. The number of aromatic amines is 1. The van der Waals surface area contributed by atoms with Gasteiger partial charge in [-0.1, -0.05) is 23.7 Å². The highest BCUT2D eigenvalue weighted by Gasteiger charge is 2.20. The van der Waals surface area contributed by atoms with E-state index in [9.17, 15) is 4.79 Å². The smallest absolute Gasteiger partial charge is 0.255 e. The average Bonchev–Trinajstić information content (AvgIpc) is 2.98. The third kappa shape index (κ3) is 3.25. The quantitative estimate of drug-likeness (QED) is 0.814. The molecule has 1 amide bonds. The van der Waals surface area contributed by atoms with Crippen LogP contribution < -0.4 is 10.6 Å². The molecule has 6 heteroatoms. The predicted molar refractivity (Wildman–Crippen MR) is 82.4 cm³/mol. The summed E-state index contributed by atoms with van der Waals surface area (Å²) in [4.78, 5) is 12.4. The van der Waals surface area contributed by atoms with Gasteiger partial charge in [0.05, 0.1) is 17.5 Å². The van der Waals surface area contributed by atoms with Crippen molar-refractivity contribution in [2.75, 3.05) is 13.1 Å². The van der Waals surface area contributed by atoms with E-state index >= 15 is 0 Å². The second-order valence-corrected chi connectivity index (χ2v) is 5.60. The number of carbonyl (C=O) groups excluding carboxylic acids is 1. The molecule has 1 fully saturated rings. The minimum atomic E-state index is -0.0920. The van der Waals surface area contributed by atoms with E-state index in [0.717, 1.165) is 31.5 Å². The maximum atomic E-state index is 12.4. The molecule has 2 aromatic rings. The van der Waals surface area contributed by atoms with Crippen molar-refractivity contribution in [1.82, 2.24) is 20.8 Å². The maximum absolute atomic E-state index is 12.4. The number of amides is 1. The Morgan fingerprint density at radius 2 is 2.14 bits per heavy atom. The predicted octanol–water partition coefficient (Wildman–Crippen LogP) is 2.21. The monoisotopic (exact) mass is 304 g/mol. The Kier molecular flexibility index (Phi) is 4.22. The molecular weight excluding hydrogens is 288 g/mol. The van der Waals surface area contributed by atoms with E-state index in [-0.39, 0.29) is 11.9 Å². The molecule has 3 rings (SSSR count). The van der Waals surface area contributed by atoms with E-state index in [1.165, 1.54) is 0 Å². The molecule has 0 saturated carbocycles. The van der Waals surface area contributed by atoms with Crippen molar-refractivity contribution in [2.24, 2.45) is 0 Å². The van der Waals surface area contributed by atoms with Crippen LogP contribution in [0, 0.1) is 0 Å². The van der Waals surface area contributed by atoms with Crippen LogP contribution in [0.5, 0.6) is 0 Å². The second kappa shape index (κ2) is 6.28. The topological polar surface area (TPSA) is 69.8 Å². The number of nitrogens with zero attached hydrogens (tertiary/aromatic N) is 1. The van der Waals surface area contributed by atoms with Gasteiger partial charge in [-0.15, -0.1) is 0 Å². The van der Waals surface area contributed by atoms with Crippen LogP contribution in [0.4, 0.5) is 0 Å². The van der Waals surface area contributed by atoms with E-state index in [1.54, 1.807) is 12.3 Å². The lowest BCUT2D eigenvalue weighted by atomic mass is 10.0. The average molecular weight is 305 g/mol. The van der Waals surface area contributed by atoms with Gasteiger partial charge in [-0.05, 0) is 38.1 Å². The van der Waals surface area contributed by atoms with Gasteiger partial charge in [0.15, 0.2) is 0 Å². The van der Waals surface area contributed by atoms with Crippen LogP contribution in [0.2, 0.25) is 5.02 Å². The molecule has 110 valence electrons. The molecule has 21 heavy (non-hydrogen) atoms. The second-order valence-electron chi connectivity index (χ2n) is 5.17. The minimum absolute atomic E-state index is 0.0920. The van der Waals surface area contributed by atoms with E-state index in [4.69, 9.17) is 11.6 Å². The standard InChI is InChI=1S/C15H17ClN4O/c16-11-3-1-2-10(8-11)14-13(9-18-20-14)15(21)19-12-4-6-17-7-5-12/h1-3,8-9,12,17H,4-7H2,(H,18,20)(H,19,21). The lowest BCUT2D eigenvalue weighted by Crippen LogP contribution is -2.42. The Labute approximate surface area is 128 Å². The van der Waals surface area contributed by atoms with Gasteiger partial charge in [-0.3, -0.25) is 9.89 Å². The minimum Gasteiger partial charge on any atom is -0.349 e. The van der Waals surface area contributed by atoms with E-state index < -0.39 is 0 Å². The molecule has 3 N–H and O–H groups in total. The summed E-state index contributed by atoms with van der Waals surface area (Å²) in [6, 6.07) is 7.60. The molecular formula is C15H17ClN4O. The summed E-state index contributed by atoms with van der Waals surface area (Å²) in [6.07, 6.45) is 3.47. The van der Waals surface area contributed by atoms with Crippen LogP contribution in [-0.2, 0) is 0 Å². The van der Waals surface area contributed by atoms with Crippen LogP contribution in [0.1, 0.15) is 23.2 Å². The lowest BCUT2D eigenvalue weighted by molar-refractivity contribution is 0.0930. The van der Waals surface area contributed by atoms with Gasteiger partial charge in [-0.2, -0.15) is 5.10 Å². The van der Waals surface area contributed by atoms with Gasteiger partial charge in [0.2, 0.25) is 0 Å². The number of nitrogens with one attached hydrogen (secondary N) is 3. The van der Waals surface area contributed by atoms with Crippen LogP contribution in [0.15, 0.2) is 30.5 Å². The van der Waals surface area contributed by atoms with Crippen molar-refractivity contribution in [3.05, 3.63) is 41.0 Å². The summed E-state index contributed by atoms with van der Waals surface area (Å²) in [7, 11) is 0. The Morgan fingerprint density at radius 1 is 1.33 bits per heavy atom. The molecule has 0 atom stereocenters. The molecule has 0 aliphatic carbocycles. The summed E-state index contributed by atoms with van der Waals surface area (Å²) in [5.41, 5.74) is 2.11. The summed E-state index contributed by atoms with van der Waals surface area (Å²) in [5.74, 6) is -0.0920. The summed E-state index contributed by atoms with van der Waals surface area (Å²) in [5, 5.41) is 13.9. The number of hydrogen-bond donors (Lipinski definition) is 3. The Morgan fingerprint density at radius 3 is 2.90 bits per heavy atom. The first-order valence-corrected chi connectivity index (χ1v) is 7.43. The van der Waals surface area contributed by atoms with Crippen molar-refractivity contribution in [3.8, 4) is 11.3 Å². The molecule has 1 saturated heterocycles. The van der Waals surface area contributed by atoms with E-state index in [0.29, 0.717) is 16.3 Å². The number of hydrogen-bond acceptors (Lipinski definition) is 3. The van der Waals surface area contributed by atoms with Gasteiger partial charge < -0.3 is 10.6 Å². The van der Waals surface area contributed by atoms with Crippen molar-refractivity contribution in [3.63, 3.8) is 0 Å². The third-order valence-corrected chi connectivity index (χ3v) is 3.91. The van der Waals surface area contributed by atoms with E-state index in [2.05, 4.69) is 20.8 Å². The van der Waals surface area contributed by atoms with Gasteiger partial charge in [0, 0.05) is 16.6 Å². The van der Waals surface area contributed by atoms with Gasteiger partial charge >= 0.3 is 0 Å². The van der Waals surface area contributed by atoms with Gasteiger partial charge in [0.25, 0.3) is 5.91 Å². The summed E-state index contributed by atoms with van der Waals surface area (Å²) >= 11 is 6.01. The van der Waals surface area contributed by atoms with Crippen LogP contribution in [0.25, 0.3) is 11.3 Å². The molecule has 1 aliphatic rings. The Hall–Kier alpha value is -1.85. The van der Waals surface area contributed by atoms with Crippen LogP contribution >= 0.6 is 11.6 Å². The van der Waals surface area contributed by atoms with E-state index in [1.807, 2.05) is 18.2 Å². The zero-order chi connectivity index (χ0) is 14.7. The molecule has 1 aliphatic heterocycles. The number of halogens is 1. The number of rotatable bonds is 3. The molecule has 0 bridgehead atoms. The third-order valence-electron chi connectivity index (χ3n) is 3.67. The maximum Gasteiger partial charge on any atom is 0.255 e. The zero-order valence-electron chi connectivity index (χ0n) is 11.5. The SMILES string of the molecule is O=C(NC1CCNCC1)c1cn[nH]c1-c1cccc(Cl)c1. The Balaban J connectivity index is 1.79. The van der Waals surface area contributed by atoms with Crippen molar-refractivity contribution in [1.29, 1.82) is 0 Å². The van der Waals surface area contributed by atoms with Crippen molar-refractivity contribution < 1.29 is 4.79 Å². The Bertz CT molecular complexity index is 634. The highest BCUT2D eigenvalue weighted by Crippen LogP contribution is 2.24. The number of carbonyl (C=O) groups is 1. The molecule has 0 radical (unpaired) electrons. The van der Waals surface area contributed by atoms with Gasteiger partial charge in [-0.25, -0.2) is 0 Å². The van der Waals surface area contributed by atoms with Crippen molar-refractivity contribution in [2.45, 2.75) is 18.9 Å². The highest BCUT2D eigenvalue weighted by atomic mass is 35.5. The fourth-order valence-electron chi connectivity index (χ4n) is 2.55. The fourth-order valence-corrected chi connectivity index (χ4v) is 2.74. The first-order valence-electron chi connectivity index (χ1n) is 7.05. The summed E-state index contributed by atoms with van der Waals surface area (Å²) < 4.78 is 0. The highest BCUT2D eigenvalue weighted by molar-refractivity contribution is 6.30. The number of H-pyrrole nitrogens is 1. The largest absolute Gasteiger partial charge is 0.349 e. The normalized spacial score (nSPS) is 15.9. The molecule has 1 aromatic heterocycles. The molecule has 1 aromatic carbocycles. The van der Waals surface area contributed by atoms with Crippen LogP contribution in [0.3, 0.4) is 0 Å². The number of piperidine rings is 1. The van der Waals surface area contributed by atoms with Crippen molar-refractivity contribution >= 4 is 17.5 Å². The van der Waals surface area contributed by atoms with Gasteiger partial charge in [0.1, 0.15) is 0 Å². The number of aromatic nitrogens is 2. The molecule has 0 spiro atoms. The zero-order valence-corrected chi connectivity index (χ0v) is 12.3. The molecule has 5 nitrogen and oxygen atoms in total. The summed E-state index contributed by atoms with van der Waals surface area (Å²) in [6.45, 7) is 1.88. The fraction of sp³-hybridized carbons (Fsp3) is 0.333. The van der Waals surface area contributed by atoms with Crippen LogP contribution in [-0.4, -0.2) is 35.2 Å². The molecule has 0 unspecified atom stereocenters. The first-order chi connectivity index (χ1) is 10.2. The first kappa shape index (κ1) is 14.1.